The molecule has 1 N–H and O–H groups in total. The number of anilines is 1. The third-order valence-electron chi connectivity index (χ3n) is 3.72. The Hall–Kier alpha value is -2.14. The number of fused-ring (bicyclic) bond motifs is 1. The fourth-order valence-electron chi connectivity index (χ4n) is 2.61. The van der Waals surface area contributed by atoms with Gasteiger partial charge in [0.1, 0.15) is 11.3 Å². The van der Waals surface area contributed by atoms with Crippen molar-refractivity contribution in [3.63, 3.8) is 0 Å². The largest absolute Gasteiger partial charge is 0.321 e. The van der Waals surface area contributed by atoms with Gasteiger partial charge in [-0.1, -0.05) is 35.3 Å². The van der Waals surface area contributed by atoms with Crippen molar-refractivity contribution in [3.05, 3.63) is 64.0 Å². The fraction of sp³-hybridized carbons (Fsp3) is 0.222. The molecule has 2 heterocycles. The standard InChI is InChI=1S/C18H18BrN3O/c1-3-6-15-17(22-10-5-4-7-16(22)21-15)18(23)20-13-8-9-14(19)12(2)11-13/h4-5,7-11H,3,6H2,1-2H3,(H,20,23). The van der Waals surface area contributed by atoms with E-state index in [-0.39, 0.29) is 5.91 Å². The van der Waals surface area contributed by atoms with Crippen LogP contribution in [0.3, 0.4) is 0 Å². The van der Waals surface area contributed by atoms with Crippen LogP contribution in [0.4, 0.5) is 5.69 Å². The summed E-state index contributed by atoms with van der Waals surface area (Å²) in [6.45, 7) is 4.08. The van der Waals surface area contributed by atoms with Gasteiger partial charge in [0, 0.05) is 16.4 Å². The highest BCUT2D eigenvalue weighted by Gasteiger charge is 2.18. The van der Waals surface area contributed by atoms with Gasteiger partial charge >= 0.3 is 0 Å². The first-order chi connectivity index (χ1) is 11.1. The third kappa shape index (κ3) is 3.15. The van der Waals surface area contributed by atoms with E-state index in [4.69, 9.17) is 0 Å². The first-order valence-corrected chi connectivity index (χ1v) is 8.43. The summed E-state index contributed by atoms with van der Waals surface area (Å²) >= 11 is 3.47. The summed E-state index contributed by atoms with van der Waals surface area (Å²) in [5.74, 6) is -0.131. The molecule has 23 heavy (non-hydrogen) atoms. The molecule has 0 saturated heterocycles. The lowest BCUT2D eigenvalue weighted by molar-refractivity contribution is 0.102. The quantitative estimate of drug-likeness (QED) is 0.727. The fourth-order valence-corrected chi connectivity index (χ4v) is 2.86. The molecule has 0 atom stereocenters. The van der Waals surface area contributed by atoms with Crippen molar-refractivity contribution < 1.29 is 4.79 Å². The van der Waals surface area contributed by atoms with Crippen LogP contribution in [0.2, 0.25) is 0 Å². The zero-order valence-corrected chi connectivity index (χ0v) is 14.7. The van der Waals surface area contributed by atoms with E-state index >= 15 is 0 Å². The van der Waals surface area contributed by atoms with Crippen LogP contribution in [0.15, 0.2) is 47.1 Å². The number of halogens is 1. The predicted molar refractivity (Wildman–Crippen MR) is 96.0 cm³/mol. The van der Waals surface area contributed by atoms with Crippen LogP contribution in [0.1, 0.15) is 35.1 Å². The van der Waals surface area contributed by atoms with E-state index in [9.17, 15) is 4.79 Å². The van der Waals surface area contributed by atoms with Gasteiger partial charge in [-0.15, -0.1) is 0 Å². The number of pyridine rings is 1. The van der Waals surface area contributed by atoms with E-state index in [0.29, 0.717) is 5.69 Å². The molecule has 3 rings (SSSR count). The van der Waals surface area contributed by atoms with Gasteiger partial charge in [0.05, 0.1) is 5.69 Å². The summed E-state index contributed by atoms with van der Waals surface area (Å²) < 4.78 is 2.88. The number of amides is 1. The minimum Gasteiger partial charge on any atom is -0.321 e. The molecule has 1 amide bonds. The average Bonchev–Trinajstić information content (AvgIpc) is 2.89. The molecular formula is C18H18BrN3O. The van der Waals surface area contributed by atoms with E-state index in [2.05, 4.69) is 33.2 Å². The van der Waals surface area contributed by atoms with Gasteiger partial charge < -0.3 is 5.32 Å². The van der Waals surface area contributed by atoms with Crippen molar-refractivity contribution >= 4 is 33.2 Å². The molecule has 0 spiro atoms. The van der Waals surface area contributed by atoms with Crippen LogP contribution >= 0.6 is 15.9 Å². The number of nitrogens with one attached hydrogen (secondary N) is 1. The molecule has 0 aliphatic rings. The highest BCUT2D eigenvalue weighted by atomic mass is 79.9. The highest BCUT2D eigenvalue weighted by Crippen LogP contribution is 2.21. The zero-order chi connectivity index (χ0) is 16.4. The Kier molecular flexibility index (Phi) is 4.48. The number of aromatic nitrogens is 2. The molecule has 0 aliphatic heterocycles. The minimum absolute atomic E-state index is 0.131. The monoisotopic (exact) mass is 371 g/mol. The maximum Gasteiger partial charge on any atom is 0.274 e. The minimum atomic E-state index is -0.131. The maximum absolute atomic E-state index is 12.8. The van der Waals surface area contributed by atoms with Crippen molar-refractivity contribution in [2.75, 3.05) is 5.32 Å². The normalized spacial score (nSPS) is 10.9. The second-order valence-corrected chi connectivity index (χ2v) is 6.36. The lowest BCUT2D eigenvalue weighted by atomic mass is 10.2. The Morgan fingerprint density at radius 3 is 2.87 bits per heavy atom. The Morgan fingerprint density at radius 2 is 2.13 bits per heavy atom. The number of carbonyl (C=O) groups is 1. The van der Waals surface area contributed by atoms with E-state index in [1.54, 1.807) is 0 Å². The number of hydrogen-bond donors (Lipinski definition) is 1. The smallest absolute Gasteiger partial charge is 0.274 e. The number of aryl methyl sites for hydroxylation is 2. The van der Waals surface area contributed by atoms with Crippen LogP contribution < -0.4 is 5.32 Å². The summed E-state index contributed by atoms with van der Waals surface area (Å²) in [7, 11) is 0. The molecule has 5 heteroatoms. The molecule has 4 nitrogen and oxygen atoms in total. The first kappa shape index (κ1) is 15.7. The SMILES string of the molecule is CCCc1nc2ccccn2c1C(=O)Nc1ccc(Br)c(C)c1. The Balaban J connectivity index is 1.99. The zero-order valence-electron chi connectivity index (χ0n) is 13.1. The van der Waals surface area contributed by atoms with E-state index in [1.165, 1.54) is 0 Å². The van der Waals surface area contributed by atoms with Crippen LogP contribution in [0, 0.1) is 6.92 Å². The van der Waals surface area contributed by atoms with E-state index < -0.39 is 0 Å². The summed E-state index contributed by atoms with van der Waals surface area (Å²) in [6.07, 6.45) is 3.61. The van der Waals surface area contributed by atoms with Crippen LogP contribution in [0.5, 0.6) is 0 Å². The van der Waals surface area contributed by atoms with Gasteiger partial charge in [0.25, 0.3) is 5.91 Å². The summed E-state index contributed by atoms with van der Waals surface area (Å²) in [5, 5.41) is 2.98. The predicted octanol–water partition coefficient (Wildman–Crippen LogP) is 4.61. The number of imidazole rings is 1. The number of rotatable bonds is 4. The van der Waals surface area contributed by atoms with Gasteiger partial charge in [-0.3, -0.25) is 9.20 Å². The van der Waals surface area contributed by atoms with Crippen molar-refractivity contribution in [2.24, 2.45) is 0 Å². The van der Waals surface area contributed by atoms with Gasteiger partial charge in [0.15, 0.2) is 0 Å². The molecule has 0 fully saturated rings. The summed E-state index contributed by atoms with van der Waals surface area (Å²) in [4.78, 5) is 17.4. The third-order valence-corrected chi connectivity index (χ3v) is 4.61. The van der Waals surface area contributed by atoms with Gasteiger partial charge in [-0.25, -0.2) is 4.98 Å². The highest BCUT2D eigenvalue weighted by molar-refractivity contribution is 9.10. The number of benzene rings is 1. The topological polar surface area (TPSA) is 46.4 Å². The second-order valence-electron chi connectivity index (χ2n) is 5.50. The molecule has 3 aromatic rings. The molecule has 0 saturated carbocycles. The average molecular weight is 372 g/mol. The van der Waals surface area contributed by atoms with Crippen molar-refractivity contribution in [2.45, 2.75) is 26.7 Å². The Bertz CT molecular complexity index is 870. The second kappa shape index (κ2) is 6.54. The Morgan fingerprint density at radius 1 is 1.30 bits per heavy atom. The molecule has 0 aliphatic carbocycles. The lowest BCUT2D eigenvalue weighted by Crippen LogP contribution is -2.16. The molecule has 0 bridgehead atoms. The molecule has 1 aromatic carbocycles. The first-order valence-electron chi connectivity index (χ1n) is 7.63. The van der Waals surface area contributed by atoms with Crippen LogP contribution in [-0.4, -0.2) is 15.3 Å². The summed E-state index contributed by atoms with van der Waals surface area (Å²) in [5.41, 5.74) is 4.11. The van der Waals surface area contributed by atoms with Gasteiger partial charge in [0.2, 0.25) is 0 Å². The maximum atomic E-state index is 12.8. The van der Waals surface area contributed by atoms with Crippen molar-refractivity contribution in [1.29, 1.82) is 0 Å². The molecule has 0 radical (unpaired) electrons. The molecule has 2 aromatic heterocycles. The number of hydrogen-bond acceptors (Lipinski definition) is 2. The van der Waals surface area contributed by atoms with Gasteiger partial charge in [-0.2, -0.15) is 0 Å². The van der Waals surface area contributed by atoms with Crippen molar-refractivity contribution in [1.82, 2.24) is 9.38 Å². The van der Waals surface area contributed by atoms with Gasteiger partial charge in [-0.05, 0) is 49.2 Å². The molecule has 118 valence electrons. The lowest BCUT2D eigenvalue weighted by Gasteiger charge is -2.08. The van der Waals surface area contributed by atoms with Crippen molar-refractivity contribution in [3.8, 4) is 0 Å². The number of nitrogens with zero attached hydrogens (tertiary/aromatic N) is 2. The van der Waals surface area contributed by atoms with E-state index in [1.807, 2.05) is 53.9 Å². The number of carbonyl (C=O) groups excluding carboxylic acids is 1. The van der Waals surface area contributed by atoms with Crippen LogP contribution in [-0.2, 0) is 6.42 Å². The molecular weight excluding hydrogens is 354 g/mol. The molecule has 0 unspecified atom stereocenters. The summed E-state index contributed by atoms with van der Waals surface area (Å²) in [6, 6.07) is 11.5. The van der Waals surface area contributed by atoms with Crippen LogP contribution in [0.25, 0.3) is 5.65 Å². The van der Waals surface area contributed by atoms with E-state index in [0.717, 1.165) is 39.9 Å². The Labute approximate surface area is 143 Å².